The van der Waals surface area contributed by atoms with Crippen molar-refractivity contribution in [3.8, 4) is 11.5 Å². The van der Waals surface area contributed by atoms with Crippen LogP contribution in [0.1, 0.15) is 11.6 Å². The van der Waals surface area contributed by atoms with Gasteiger partial charge in [0.05, 0.1) is 26.9 Å². The highest BCUT2D eigenvalue weighted by molar-refractivity contribution is 9.10. The van der Waals surface area contributed by atoms with E-state index in [1.54, 1.807) is 12.1 Å². The van der Waals surface area contributed by atoms with Gasteiger partial charge in [-0.15, -0.1) is 0 Å². The van der Waals surface area contributed by atoms with Gasteiger partial charge in [0.1, 0.15) is 6.61 Å². The molecule has 1 aromatic rings. The van der Waals surface area contributed by atoms with Crippen LogP contribution in [0.25, 0.3) is 0 Å². The highest BCUT2D eigenvalue weighted by atomic mass is 79.9. The van der Waals surface area contributed by atoms with Crippen LogP contribution in [0.3, 0.4) is 0 Å². The number of methoxy groups -OCH3 is 2. The van der Waals surface area contributed by atoms with Crippen LogP contribution in [0.15, 0.2) is 16.6 Å². The summed E-state index contributed by atoms with van der Waals surface area (Å²) < 4.78 is 51.4. The Morgan fingerprint density at radius 2 is 1.75 bits per heavy atom. The molecule has 1 aromatic carbocycles. The fraction of sp³-hybridized carbons (Fsp3) is 0.500. The predicted molar refractivity (Wildman–Crippen MR) is 71.0 cm³/mol. The van der Waals surface area contributed by atoms with Crippen molar-refractivity contribution in [2.45, 2.75) is 12.2 Å². The summed E-state index contributed by atoms with van der Waals surface area (Å²) in [4.78, 5) is 0. The van der Waals surface area contributed by atoms with Crippen molar-refractivity contribution in [1.29, 1.82) is 0 Å². The number of ether oxygens (including phenoxy) is 3. The normalized spacial score (nSPS) is 13.2. The van der Waals surface area contributed by atoms with Gasteiger partial charge in [-0.3, -0.25) is 0 Å². The first kappa shape index (κ1) is 17.1. The van der Waals surface area contributed by atoms with Crippen molar-refractivity contribution in [2.24, 2.45) is 5.73 Å². The topological polar surface area (TPSA) is 53.7 Å². The lowest BCUT2D eigenvalue weighted by atomic mass is 10.1. The molecule has 0 aliphatic heterocycles. The Morgan fingerprint density at radius 3 is 2.25 bits per heavy atom. The van der Waals surface area contributed by atoms with E-state index in [0.29, 0.717) is 21.5 Å². The summed E-state index contributed by atoms with van der Waals surface area (Å²) in [5.74, 6) is 0.934. The summed E-state index contributed by atoms with van der Waals surface area (Å²) in [6.07, 6.45) is -4.37. The Kier molecular flexibility index (Phi) is 6.09. The molecule has 2 N–H and O–H groups in total. The third-order valence-corrected chi connectivity index (χ3v) is 3.15. The predicted octanol–water partition coefficient (Wildman–Crippen LogP) is 3.05. The molecule has 4 nitrogen and oxygen atoms in total. The van der Waals surface area contributed by atoms with E-state index in [1.165, 1.54) is 14.2 Å². The van der Waals surface area contributed by atoms with Gasteiger partial charge in [0.25, 0.3) is 0 Å². The van der Waals surface area contributed by atoms with Gasteiger partial charge >= 0.3 is 6.18 Å². The largest absolute Gasteiger partial charge is 0.493 e. The van der Waals surface area contributed by atoms with Crippen molar-refractivity contribution in [3.05, 3.63) is 22.2 Å². The second-order valence-electron chi connectivity index (χ2n) is 3.97. The third-order valence-electron chi connectivity index (χ3n) is 2.47. The molecular formula is C12H15BrF3NO3. The van der Waals surface area contributed by atoms with Gasteiger partial charge in [-0.1, -0.05) is 15.9 Å². The molecule has 0 saturated heterocycles. The number of benzene rings is 1. The first-order valence-electron chi connectivity index (χ1n) is 5.60. The SMILES string of the molecule is COc1cc(Br)c(C(N)COCC(F)(F)F)cc1OC. The number of alkyl halides is 3. The average Bonchev–Trinajstić information content (AvgIpc) is 2.36. The molecule has 0 aliphatic carbocycles. The smallest absolute Gasteiger partial charge is 0.411 e. The van der Waals surface area contributed by atoms with Crippen molar-refractivity contribution >= 4 is 15.9 Å². The number of rotatable bonds is 6. The summed E-state index contributed by atoms with van der Waals surface area (Å²) in [7, 11) is 2.94. The molecule has 0 aromatic heterocycles. The Hall–Kier alpha value is -0.990. The summed E-state index contributed by atoms with van der Waals surface area (Å²) in [6.45, 7) is -1.58. The number of hydrogen-bond donors (Lipinski definition) is 1. The second-order valence-corrected chi connectivity index (χ2v) is 4.82. The molecule has 0 aliphatic rings. The summed E-state index contributed by atoms with van der Waals surface area (Å²) in [6, 6.07) is 2.52. The molecule has 0 bridgehead atoms. The van der Waals surface area contributed by atoms with Crippen LogP contribution in [0.5, 0.6) is 11.5 Å². The molecule has 20 heavy (non-hydrogen) atoms. The van der Waals surface area contributed by atoms with Crippen LogP contribution < -0.4 is 15.2 Å². The molecule has 0 amide bonds. The molecule has 0 radical (unpaired) electrons. The number of nitrogens with two attached hydrogens (primary N) is 1. The molecule has 1 unspecified atom stereocenters. The van der Waals surface area contributed by atoms with Crippen LogP contribution in [0, 0.1) is 0 Å². The maximum absolute atomic E-state index is 12.0. The average molecular weight is 358 g/mol. The number of hydrogen-bond acceptors (Lipinski definition) is 4. The van der Waals surface area contributed by atoms with E-state index in [-0.39, 0.29) is 6.61 Å². The van der Waals surface area contributed by atoms with E-state index >= 15 is 0 Å². The van der Waals surface area contributed by atoms with E-state index in [4.69, 9.17) is 15.2 Å². The summed E-state index contributed by atoms with van der Waals surface area (Å²) >= 11 is 3.29. The standard InChI is InChI=1S/C12H15BrF3NO3/c1-18-10-3-7(8(13)4-11(10)19-2)9(17)5-20-6-12(14,15)16/h3-4,9H,5-6,17H2,1-2H3. The minimum atomic E-state index is -4.37. The molecule has 1 rings (SSSR count). The van der Waals surface area contributed by atoms with Gasteiger partial charge in [0.15, 0.2) is 11.5 Å². The zero-order valence-corrected chi connectivity index (χ0v) is 12.5. The molecular weight excluding hydrogens is 343 g/mol. The molecule has 1 atom stereocenters. The number of halogens is 4. The van der Waals surface area contributed by atoms with Crippen molar-refractivity contribution in [3.63, 3.8) is 0 Å². The van der Waals surface area contributed by atoms with Gasteiger partial charge in [-0.2, -0.15) is 13.2 Å². The molecule has 8 heteroatoms. The lowest BCUT2D eigenvalue weighted by molar-refractivity contribution is -0.174. The fourth-order valence-electron chi connectivity index (χ4n) is 1.55. The van der Waals surface area contributed by atoms with E-state index in [1.807, 2.05) is 0 Å². The zero-order valence-electron chi connectivity index (χ0n) is 11.0. The Labute approximate surface area is 123 Å². The van der Waals surface area contributed by atoms with Crippen LogP contribution in [-0.4, -0.2) is 33.6 Å². The van der Waals surface area contributed by atoms with Crippen LogP contribution >= 0.6 is 15.9 Å². The van der Waals surface area contributed by atoms with Crippen LogP contribution in [-0.2, 0) is 4.74 Å². The van der Waals surface area contributed by atoms with Gasteiger partial charge in [0, 0.05) is 4.47 Å². The first-order chi connectivity index (χ1) is 9.28. The molecule has 114 valence electrons. The van der Waals surface area contributed by atoms with Crippen molar-refractivity contribution in [1.82, 2.24) is 0 Å². The van der Waals surface area contributed by atoms with E-state index < -0.39 is 18.8 Å². The van der Waals surface area contributed by atoms with Crippen LogP contribution in [0.2, 0.25) is 0 Å². The Bertz CT molecular complexity index is 454. The fourth-order valence-corrected chi connectivity index (χ4v) is 2.16. The maximum atomic E-state index is 12.0. The van der Waals surface area contributed by atoms with E-state index in [9.17, 15) is 13.2 Å². The molecule has 0 saturated carbocycles. The van der Waals surface area contributed by atoms with Crippen molar-refractivity contribution < 1.29 is 27.4 Å². The Balaban J connectivity index is 2.79. The minimum absolute atomic E-state index is 0.256. The third kappa shape index (κ3) is 4.84. The lowest BCUT2D eigenvalue weighted by Gasteiger charge is -2.17. The first-order valence-corrected chi connectivity index (χ1v) is 6.39. The van der Waals surface area contributed by atoms with E-state index in [0.717, 1.165) is 0 Å². The minimum Gasteiger partial charge on any atom is -0.493 e. The van der Waals surface area contributed by atoms with Crippen LogP contribution in [0.4, 0.5) is 13.2 Å². The van der Waals surface area contributed by atoms with Crippen molar-refractivity contribution in [2.75, 3.05) is 27.4 Å². The Morgan fingerprint density at radius 1 is 1.20 bits per heavy atom. The molecule has 0 fully saturated rings. The van der Waals surface area contributed by atoms with Gasteiger partial charge in [-0.05, 0) is 17.7 Å². The van der Waals surface area contributed by atoms with Gasteiger partial charge in [0.2, 0.25) is 0 Å². The maximum Gasteiger partial charge on any atom is 0.411 e. The lowest BCUT2D eigenvalue weighted by Crippen LogP contribution is -2.23. The monoisotopic (exact) mass is 357 g/mol. The highest BCUT2D eigenvalue weighted by Crippen LogP contribution is 2.35. The summed E-state index contributed by atoms with van der Waals surface area (Å²) in [5, 5.41) is 0. The summed E-state index contributed by atoms with van der Waals surface area (Å²) in [5.41, 5.74) is 6.40. The highest BCUT2D eigenvalue weighted by Gasteiger charge is 2.28. The zero-order chi connectivity index (χ0) is 15.3. The van der Waals surface area contributed by atoms with Gasteiger partial charge in [-0.25, -0.2) is 0 Å². The second kappa shape index (κ2) is 7.14. The quantitative estimate of drug-likeness (QED) is 0.850. The molecule has 0 heterocycles. The van der Waals surface area contributed by atoms with E-state index in [2.05, 4.69) is 20.7 Å². The van der Waals surface area contributed by atoms with Gasteiger partial charge < -0.3 is 19.9 Å². The molecule has 0 spiro atoms.